The summed E-state index contributed by atoms with van der Waals surface area (Å²) < 4.78 is 5.31. The predicted octanol–water partition coefficient (Wildman–Crippen LogP) is 8.54. The molecule has 4 N–H and O–H groups in total. The van der Waals surface area contributed by atoms with E-state index in [1.165, 1.54) is 31.0 Å². The molecule has 6 nitrogen and oxygen atoms in total. The molecule has 0 heterocycles. The smallest absolute Gasteiger partial charge is 0.305 e. The van der Waals surface area contributed by atoms with E-state index in [0.717, 1.165) is 49.7 Å². The Labute approximate surface area is 236 Å². The monoisotopic (exact) mass is 544 g/mol. The van der Waals surface area contributed by atoms with Crippen molar-refractivity contribution in [2.75, 3.05) is 6.61 Å². The van der Waals surface area contributed by atoms with E-state index in [4.69, 9.17) is 14.9 Å². The number of esters is 1. The van der Waals surface area contributed by atoms with Gasteiger partial charge < -0.3 is 25.2 Å². The largest absolute Gasteiger partial charge is 0.508 e. The first-order valence-corrected chi connectivity index (χ1v) is 14.5. The second kappa shape index (κ2) is 16.3. The third-order valence-corrected chi connectivity index (χ3v) is 7.35. The van der Waals surface area contributed by atoms with Crippen LogP contribution in [0.15, 0.2) is 30.3 Å². The van der Waals surface area contributed by atoms with Crippen molar-refractivity contribution >= 4 is 5.97 Å². The summed E-state index contributed by atoms with van der Waals surface area (Å²) in [4.78, 5) is 11.9. The van der Waals surface area contributed by atoms with Gasteiger partial charge in [-0.25, -0.2) is 0 Å². The number of hydrogen-bond donors (Lipinski definition) is 4. The number of unbranched alkanes of at least 4 members (excludes halogenated alkanes) is 4. The normalized spacial score (nSPS) is 11.6. The SMILES string of the molecule is CCCCCCOC(=O)CCCC(C)(C)c1cc(O)c(C(C)(C)CCCC)cc1O.Cc1cc(O)ccc1O. The number of phenols is 4. The van der Waals surface area contributed by atoms with Crippen LogP contribution in [0.25, 0.3) is 0 Å². The summed E-state index contributed by atoms with van der Waals surface area (Å²) in [7, 11) is 0. The molecule has 0 atom stereocenters. The molecule has 0 aliphatic carbocycles. The maximum Gasteiger partial charge on any atom is 0.305 e. The number of hydrogen-bond acceptors (Lipinski definition) is 6. The molecule has 2 aromatic rings. The van der Waals surface area contributed by atoms with Crippen molar-refractivity contribution in [2.45, 2.75) is 124 Å². The lowest BCUT2D eigenvalue weighted by Gasteiger charge is -2.30. The van der Waals surface area contributed by atoms with Crippen molar-refractivity contribution in [1.29, 1.82) is 0 Å². The number of phenolic OH excluding ortho intramolecular Hbond substituents is 4. The van der Waals surface area contributed by atoms with E-state index in [1.54, 1.807) is 19.1 Å². The molecule has 220 valence electrons. The lowest BCUT2D eigenvalue weighted by atomic mass is 9.75. The fourth-order valence-electron chi connectivity index (χ4n) is 4.65. The van der Waals surface area contributed by atoms with Crippen LogP contribution >= 0.6 is 0 Å². The average molecular weight is 545 g/mol. The molecule has 0 radical (unpaired) electrons. The van der Waals surface area contributed by atoms with Gasteiger partial charge in [0.15, 0.2) is 0 Å². The molecule has 0 amide bonds. The van der Waals surface area contributed by atoms with Crippen LogP contribution in [0.1, 0.15) is 122 Å². The van der Waals surface area contributed by atoms with Gasteiger partial charge in [-0.2, -0.15) is 0 Å². The van der Waals surface area contributed by atoms with E-state index in [-0.39, 0.29) is 39.8 Å². The van der Waals surface area contributed by atoms with Crippen molar-refractivity contribution in [1.82, 2.24) is 0 Å². The fourth-order valence-corrected chi connectivity index (χ4v) is 4.65. The number of ether oxygens (including phenoxy) is 1. The van der Waals surface area contributed by atoms with E-state index >= 15 is 0 Å². The molecule has 0 spiro atoms. The minimum Gasteiger partial charge on any atom is -0.508 e. The van der Waals surface area contributed by atoms with Crippen LogP contribution in [-0.2, 0) is 20.4 Å². The zero-order valence-electron chi connectivity index (χ0n) is 25.3. The van der Waals surface area contributed by atoms with Crippen LogP contribution in [0.4, 0.5) is 0 Å². The van der Waals surface area contributed by atoms with Gasteiger partial charge in [0.25, 0.3) is 0 Å². The predicted molar refractivity (Wildman–Crippen MR) is 159 cm³/mol. The molecule has 0 aromatic heterocycles. The zero-order chi connectivity index (χ0) is 29.6. The Morgan fingerprint density at radius 2 is 1.26 bits per heavy atom. The van der Waals surface area contributed by atoms with Crippen LogP contribution < -0.4 is 0 Å². The van der Waals surface area contributed by atoms with Crippen molar-refractivity contribution in [3.05, 3.63) is 47.0 Å². The highest BCUT2D eigenvalue weighted by molar-refractivity contribution is 5.69. The average Bonchev–Trinajstić information content (AvgIpc) is 2.86. The second-order valence-corrected chi connectivity index (χ2v) is 11.9. The molecule has 0 saturated heterocycles. The highest BCUT2D eigenvalue weighted by Gasteiger charge is 2.29. The number of aromatic hydroxyl groups is 4. The molecular formula is C33H52O6. The first kappa shape index (κ1) is 34.1. The summed E-state index contributed by atoms with van der Waals surface area (Å²) in [6.07, 6.45) is 9.31. The first-order valence-electron chi connectivity index (χ1n) is 14.5. The molecule has 6 heteroatoms. The Balaban J connectivity index is 0.000000708. The highest BCUT2D eigenvalue weighted by atomic mass is 16.5. The van der Waals surface area contributed by atoms with Gasteiger partial charge in [-0.15, -0.1) is 0 Å². The lowest BCUT2D eigenvalue weighted by Crippen LogP contribution is -2.21. The van der Waals surface area contributed by atoms with Crippen LogP contribution in [0.5, 0.6) is 23.0 Å². The van der Waals surface area contributed by atoms with Crippen LogP contribution in [0.2, 0.25) is 0 Å². The van der Waals surface area contributed by atoms with E-state index in [1.807, 2.05) is 13.8 Å². The summed E-state index contributed by atoms with van der Waals surface area (Å²) in [5.41, 5.74) is 1.66. The topological polar surface area (TPSA) is 107 Å². The van der Waals surface area contributed by atoms with Crippen molar-refractivity contribution in [3.63, 3.8) is 0 Å². The van der Waals surface area contributed by atoms with Crippen molar-refractivity contribution < 1.29 is 30.0 Å². The third-order valence-electron chi connectivity index (χ3n) is 7.35. The minimum absolute atomic E-state index is 0.151. The van der Waals surface area contributed by atoms with Gasteiger partial charge in [0.05, 0.1) is 6.61 Å². The minimum atomic E-state index is -0.352. The van der Waals surface area contributed by atoms with Crippen molar-refractivity contribution in [3.8, 4) is 23.0 Å². The Morgan fingerprint density at radius 3 is 1.74 bits per heavy atom. The summed E-state index contributed by atoms with van der Waals surface area (Å²) in [5.74, 6) is 0.708. The Hall–Kier alpha value is -2.89. The van der Waals surface area contributed by atoms with E-state index in [0.29, 0.717) is 25.0 Å². The van der Waals surface area contributed by atoms with E-state index in [9.17, 15) is 15.0 Å². The van der Waals surface area contributed by atoms with Crippen LogP contribution in [-0.4, -0.2) is 33.0 Å². The molecule has 2 rings (SSSR count). The van der Waals surface area contributed by atoms with Gasteiger partial charge >= 0.3 is 5.97 Å². The number of aryl methyl sites for hydroxylation is 1. The summed E-state index contributed by atoms with van der Waals surface area (Å²) >= 11 is 0. The maximum absolute atomic E-state index is 11.9. The molecule has 0 fully saturated rings. The van der Waals surface area contributed by atoms with Gasteiger partial charge in [0, 0.05) is 17.5 Å². The molecule has 0 aliphatic heterocycles. The van der Waals surface area contributed by atoms with Gasteiger partial charge in [-0.3, -0.25) is 4.79 Å². The second-order valence-electron chi connectivity index (χ2n) is 11.9. The standard InChI is InChI=1S/C26H44O4.C7H8O2/c1-7-9-11-12-17-30-24(29)14-13-16-26(5,6)21-19-22(27)20(18-23(21)28)25(3,4)15-10-8-2;1-5-4-6(8)2-3-7(5)9/h18-19,27-28H,7-17H2,1-6H3;2-4,8-9H,1H3. The zero-order valence-corrected chi connectivity index (χ0v) is 25.3. The van der Waals surface area contributed by atoms with E-state index in [2.05, 4.69) is 27.7 Å². The van der Waals surface area contributed by atoms with Crippen LogP contribution in [0.3, 0.4) is 0 Å². The number of benzene rings is 2. The van der Waals surface area contributed by atoms with Gasteiger partial charge in [-0.05, 0) is 79.3 Å². The fraction of sp³-hybridized carbons (Fsp3) is 0.606. The quantitative estimate of drug-likeness (QED) is 0.108. The van der Waals surface area contributed by atoms with Crippen molar-refractivity contribution in [2.24, 2.45) is 0 Å². The molecular weight excluding hydrogens is 492 g/mol. The summed E-state index contributed by atoms with van der Waals surface area (Å²) in [5, 5.41) is 39.2. The number of carbonyl (C=O) groups is 1. The summed E-state index contributed by atoms with van der Waals surface area (Å²) in [6.45, 7) is 14.8. The molecule has 0 bridgehead atoms. The first-order chi connectivity index (χ1) is 18.2. The molecule has 2 aromatic carbocycles. The Bertz CT molecular complexity index is 1030. The highest BCUT2D eigenvalue weighted by Crippen LogP contribution is 2.43. The van der Waals surface area contributed by atoms with Crippen LogP contribution in [0, 0.1) is 6.92 Å². The van der Waals surface area contributed by atoms with E-state index < -0.39 is 0 Å². The maximum atomic E-state index is 11.9. The third kappa shape index (κ3) is 11.8. The molecule has 0 unspecified atom stereocenters. The Kier molecular flexibility index (Phi) is 14.2. The van der Waals surface area contributed by atoms with Gasteiger partial charge in [0.2, 0.25) is 0 Å². The number of rotatable bonds is 14. The number of carbonyl (C=O) groups excluding carboxylic acids is 1. The van der Waals surface area contributed by atoms with Gasteiger partial charge in [-0.1, -0.05) is 73.6 Å². The Morgan fingerprint density at radius 1 is 0.718 bits per heavy atom. The molecule has 39 heavy (non-hydrogen) atoms. The molecule has 0 aliphatic rings. The van der Waals surface area contributed by atoms with Gasteiger partial charge in [0.1, 0.15) is 23.0 Å². The lowest BCUT2D eigenvalue weighted by molar-refractivity contribution is -0.143. The molecule has 0 saturated carbocycles. The summed E-state index contributed by atoms with van der Waals surface area (Å²) in [6, 6.07) is 7.86.